The summed E-state index contributed by atoms with van der Waals surface area (Å²) in [5.41, 5.74) is -0.233. The van der Waals surface area contributed by atoms with Gasteiger partial charge in [0.25, 0.3) is 0 Å². The molecule has 5 heteroatoms. The maximum absolute atomic E-state index is 12.5. The minimum absolute atomic E-state index is 0.241. The van der Waals surface area contributed by atoms with Gasteiger partial charge in [-0.2, -0.15) is 0 Å². The molecule has 24 heavy (non-hydrogen) atoms. The maximum Gasteiger partial charge on any atom is 0.225 e. The molecule has 5 nitrogen and oxygen atoms in total. The first-order valence-electron chi connectivity index (χ1n) is 8.64. The quantitative estimate of drug-likeness (QED) is 0.490. The van der Waals surface area contributed by atoms with Gasteiger partial charge in [0, 0.05) is 12.5 Å². The van der Waals surface area contributed by atoms with Crippen molar-refractivity contribution in [3.8, 4) is 0 Å². The van der Waals surface area contributed by atoms with E-state index in [2.05, 4.69) is 24.5 Å². The van der Waals surface area contributed by atoms with Crippen LogP contribution in [0.2, 0.25) is 0 Å². The first kappa shape index (κ1) is 20.6. The van der Waals surface area contributed by atoms with Crippen LogP contribution in [0.3, 0.4) is 0 Å². The molecule has 136 valence electrons. The van der Waals surface area contributed by atoms with Crippen molar-refractivity contribution < 1.29 is 15.0 Å². The van der Waals surface area contributed by atoms with Crippen LogP contribution in [0.5, 0.6) is 0 Å². The highest BCUT2D eigenvalue weighted by Crippen LogP contribution is 2.16. The van der Waals surface area contributed by atoms with E-state index in [-0.39, 0.29) is 5.91 Å². The molecule has 0 fully saturated rings. The van der Waals surface area contributed by atoms with Gasteiger partial charge >= 0.3 is 0 Å². The molecular weight excluding hydrogens is 304 g/mol. The second-order valence-electron chi connectivity index (χ2n) is 7.38. The highest BCUT2D eigenvalue weighted by atomic mass is 16.3. The van der Waals surface area contributed by atoms with Crippen LogP contribution in [0.1, 0.15) is 39.7 Å². The van der Waals surface area contributed by atoms with Crippen molar-refractivity contribution in [1.82, 2.24) is 10.6 Å². The van der Waals surface area contributed by atoms with Crippen LogP contribution in [-0.2, 0) is 11.2 Å². The van der Waals surface area contributed by atoms with Gasteiger partial charge in [-0.15, -0.1) is 0 Å². The van der Waals surface area contributed by atoms with E-state index in [0.717, 1.165) is 12.1 Å². The third-order valence-corrected chi connectivity index (χ3v) is 3.61. The summed E-state index contributed by atoms with van der Waals surface area (Å²) in [4.78, 5) is 12.5. The Bertz CT molecular complexity index is 483. The van der Waals surface area contributed by atoms with Crippen LogP contribution in [0.4, 0.5) is 0 Å². The number of rotatable bonds is 10. The van der Waals surface area contributed by atoms with E-state index in [1.54, 1.807) is 0 Å². The third-order valence-electron chi connectivity index (χ3n) is 3.61. The van der Waals surface area contributed by atoms with Crippen molar-refractivity contribution in [2.24, 2.45) is 11.8 Å². The zero-order valence-electron chi connectivity index (χ0n) is 15.2. The van der Waals surface area contributed by atoms with Gasteiger partial charge in [0.2, 0.25) is 5.91 Å². The second kappa shape index (κ2) is 9.77. The number of amides is 1. The zero-order chi connectivity index (χ0) is 18.2. The van der Waals surface area contributed by atoms with Gasteiger partial charge < -0.3 is 20.8 Å². The molecule has 1 rings (SSSR count). The number of carbonyl (C=O) groups is 1. The minimum Gasteiger partial charge on any atom is -0.392 e. The molecule has 1 aromatic carbocycles. The van der Waals surface area contributed by atoms with Gasteiger partial charge in [-0.05, 0) is 44.7 Å². The molecule has 0 heterocycles. The second-order valence-corrected chi connectivity index (χ2v) is 7.38. The third kappa shape index (κ3) is 9.01. The SMILES string of the molecule is CC(C)CNCC(O)C[C@@H](Cc1ccccc1)C(=O)NC(C)(C)O. The molecule has 0 saturated carbocycles. The van der Waals surface area contributed by atoms with Crippen LogP contribution >= 0.6 is 0 Å². The molecule has 0 aliphatic rings. The predicted octanol–water partition coefficient (Wildman–Crippen LogP) is 1.69. The highest BCUT2D eigenvalue weighted by molar-refractivity contribution is 5.79. The van der Waals surface area contributed by atoms with Gasteiger partial charge in [0.15, 0.2) is 0 Å². The maximum atomic E-state index is 12.5. The van der Waals surface area contributed by atoms with Gasteiger partial charge in [0.05, 0.1) is 6.10 Å². The molecule has 0 aliphatic heterocycles. The first-order chi connectivity index (χ1) is 11.2. The molecule has 0 bridgehead atoms. The number of nitrogens with one attached hydrogen (secondary N) is 2. The summed E-state index contributed by atoms with van der Waals surface area (Å²) in [6, 6.07) is 9.73. The Morgan fingerprint density at radius 1 is 1.17 bits per heavy atom. The van der Waals surface area contributed by atoms with Crippen molar-refractivity contribution in [3.05, 3.63) is 35.9 Å². The van der Waals surface area contributed by atoms with Gasteiger partial charge in [0.1, 0.15) is 5.72 Å². The summed E-state index contributed by atoms with van der Waals surface area (Å²) in [5.74, 6) is -0.125. The number of benzene rings is 1. The number of hydrogen-bond donors (Lipinski definition) is 4. The Morgan fingerprint density at radius 3 is 2.33 bits per heavy atom. The van der Waals surface area contributed by atoms with Crippen LogP contribution in [0, 0.1) is 11.8 Å². The van der Waals surface area contributed by atoms with E-state index in [1.165, 1.54) is 13.8 Å². The summed E-state index contributed by atoms with van der Waals surface area (Å²) in [6.07, 6.45) is 0.274. The molecule has 1 aromatic rings. The zero-order valence-corrected chi connectivity index (χ0v) is 15.2. The molecule has 0 saturated heterocycles. The predicted molar refractivity (Wildman–Crippen MR) is 96.4 cm³/mol. The minimum atomic E-state index is -1.27. The lowest BCUT2D eigenvalue weighted by Gasteiger charge is -2.25. The lowest BCUT2D eigenvalue weighted by atomic mass is 9.92. The van der Waals surface area contributed by atoms with E-state index >= 15 is 0 Å². The van der Waals surface area contributed by atoms with E-state index in [0.29, 0.717) is 25.3 Å². The van der Waals surface area contributed by atoms with Crippen LogP contribution in [-0.4, -0.2) is 41.0 Å². The van der Waals surface area contributed by atoms with Crippen molar-refractivity contribution in [2.45, 2.75) is 52.4 Å². The molecule has 0 aromatic heterocycles. The molecular formula is C19H32N2O3. The van der Waals surface area contributed by atoms with Crippen molar-refractivity contribution in [3.63, 3.8) is 0 Å². The summed E-state index contributed by atoms with van der Waals surface area (Å²) in [7, 11) is 0. The Kier molecular flexibility index (Phi) is 8.39. The summed E-state index contributed by atoms with van der Waals surface area (Å²) >= 11 is 0. The molecule has 0 spiro atoms. The van der Waals surface area contributed by atoms with Gasteiger partial charge in [-0.1, -0.05) is 44.2 Å². The number of aliphatic hydroxyl groups is 2. The van der Waals surface area contributed by atoms with E-state index in [1.807, 2.05) is 30.3 Å². The fourth-order valence-corrected chi connectivity index (χ4v) is 2.54. The topological polar surface area (TPSA) is 81.6 Å². The molecule has 1 unspecified atom stereocenters. The summed E-state index contributed by atoms with van der Waals surface area (Å²) in [5, 5.41) is 25.9. The van der Waals surface area contributed by atoms with E-state index < -0.39 is 17.7 Å². The highest BCUT2D eigenvalue weighted by Gasteiger charge is 2.26. The Morgan fingerprint density at radius 2 is 1.79 bits per heavy atom. The first-order valence-corrected chi connectivity index (χ1v) is 8.64. The fraction of sp³-hybridized carbons (Fsp3) is 0.632. The lowest BCUT2D eigenvalue weighted by Crippen LogP contribution is -2.47. The number of hydrogen-bond acceptors (Lipinski definition) is 4. The normalized spacial score (nSPS) is 14.5. The lowest BCUT2D eigenvalue weighted by molar-refractivity contribution is -0.132. The Labute approximate surface area is 145 Å². The number of carbonyl (C=O) groups excluding carboxylic acids is 1. The largest absolute Gasteiger partial charge is 0.392 e. The Hall–Kier alpha value is -1.43. The molecule has 1 amide bonds. The molecule has 4 N–H and O–H groups in total. The van der Waals surface area contributed by atoms with Crippen molar-refractivity contribution in [1.29, 1.82) is 0 Å². The van der Waals surface area contributed by atoms with Gasteiger partial charge in [-0.25, -0.2) is 0 Å². The van der Waals surface area contributed by atoms with Gasteiger partial charge in [-0.3, -0.25) is 4.79 Å². The summed E-state index contributed by atoms with van der Waals surface area (Å²) in [6.45, 7) is 8.56. The molecule has 0 aliphatic carbocycles. The van der Waals surface area contributed by atoms with Crippen LogP contribution in [0.15, 0.2) is 30.3 Å². The van der Waals surface area contributed by atoms with Crippen LogP contribution < -0.4 is 10.6 Å². The Balaban J connectivity index is 2.68. The standard InChI is InChI=1S/C19H32N2O3/c1-14(2)12-20-13-17(22)11-16(18(23)21-19(3,4)24)10-15-8-6-5-7-9-15/h5-9,14,16-17,20,22,24H,10-13H2,1-4H3,(H,21,23)/t16-,17?/m1/s1. The molecule has 2 atom stereocenters. The smallest absolute Gasteiger partial charge is 0.225 e. The van der Waals surface area contributed by atoms with Crippen molar-refractivity contribution in [2.75, 3.05) is 13.1 Å². The van der Waals surface area contributed by atoms with E-state index in [9.17, 15) is 15.0 Å². The fourth-order valence-electron chi connectivity index (χ4n) is 2.54. The van der Waals surface area contributed by atoms with Crippen molar-refractivity contribution >= 4 is 5.91 Å². The average molecular weight is 336 g/mol. The molecule has 0 radical (unpaired) electrons. The number of aliphatic hydroxyl groups excluding tert-OH is 1. The monoisotopic (exact) mass is 336 g/mol. The summed E-state index contributed by atoms with van der Waals surface area (Å²) < 4.78 is 0. The average Bonchev–Trinajstić information content (AvgIpc) is 2.45. The van der Waals surface area contributed by atoms with E-state index in [4.69, 9.17) is 0 Å². The van der Waals surface area contributed by atoms with Crippen LogP contribution in [0.25, 0.3) is 0 Å².